The Hall–Kier alpha value is -1.03. The molecule has 3 unspecified atom stereocenters. The maximum absolute atomic E-state index is 8.84. The molecular formula is C10H14N2O. The molecule has 0 aromatic carbocycles. The molecule has 3 nitrogen and oxygen atoms in total. The van der Waals surface area contributed by atoms with Crippen LogP contribution < -0.4 is 5.32 Å². The molecule has 0 aromatic rings. The summed E-state index contributed by atoms with van der Waals surface area (Å²) in [7, 11) is 0. The minimum absolute atomic E-state index is 0.00773. The van der Waals surface area contributed by atoms with Gasteiger partial charge in [-0.2, -0.15) is 5.26 Å². The molecule has 1 rings (SSSR count). The topological polar surface area (TPSA) is 45.0 Å². The van der Waals surface area contributed by atoms with Crippen molar-refractivity contribution in [1.82, 2.24) is 5.32 Å². The van der Waals surface area contributed by atoms with Gasteiger partial charge in [0.15, 0.2) is 0 Å². The molecule has 0 saturated carbocycles. The molecule has 13 heavy (non-hydrogen) atoms. The molecule has 3 heteroatoms. The molecule has 0 aromatic heterocycles. The normalized spacial score (nSPS) is 29.2. The average Bonchev–Trinajstić information content (AvgIpc) is 2.54. The van der Waals surface area contributed by atoms with E-state index in [1.165, 1.54) is 0 Å². The van der Waals surface area contributed by atoms with Crippen LogP contribution in [0.1, 0.15) is 19.8 Å². The van der Waals surface area contributed by atoms with E-state index < -0.39 is 0 Å². The number of nitriles is 1. The molecule has 0 aliphatic carbocycles. The Labute approximate surface area is 79.1 Å². The van der Waals surface area contributed by atoms with Crippen molar-refractivity contribution in [2.24, 2.45) is 0 Å². The highest BCUT2D eigenvalue weighted by molar-refractivity contribution is 5.01. The second kappa shape index (κ2) is 4.87. The van der Waals surface area contributed by atoms with E-state index in [1.54, 1.807) is 0 Å². The first-order valence-electron chi connectivity index (χ1n) is 4.50. The molecule has 1 aliphatic rings. The first kappa shape index (κ1) is 10.1. The van der Waals surface area contributed by atoms with E-state index >= 15 is 0 Å². The number of nitrogens with one attached hydrogen (secondary N) is 1. The van der Waals surface area contributed by atoms with Crippen LogP contribution >= 0.6 is 0 Å². The van der Waals surface area contributed by atoms with Gasteiger partial charge in [0.05, 0.1) is 24.8 Å². The number of rotatable bonds is 3. The maximum Gasteiger partial charge on any atom is 0.122 e. The predicted molar refractivity (Wildman–Crippen MR) is 49.8 cm³/mol. The third kappa shape index (κ3) is 2.73. The van der Waals surface area contributed by atoms with Crippen molar-refractivity contribution in [3.63, 3.8) is 0 Å². The van der Waals surface area contributed by atoms with Crippen molar-refractivity contribution < 1.29 is 4.74 Å². The number of ether oxygens (including phenoxy) is 1. The third-order valence-electron chi connectivity index (χ3n) is 2.20. The molecular weight excluding hydrogens is 164 g/mol. The molecule has 0 spiro atoms. The van der Waals surface area contributed by atoms with Crippen molar-refractivity contribution >= 4 is 0 Å². The smallest absolute Gasteiger partial charge is 0.122 e. The van der Waals surface area contributed by atoms with Crippen molar-refractivity contribution in [2.45, 2.75) is 38.0 Å². The van der Waals surface area contributed by atoms with E-state index in [-0.39, 0.29) is 18.2 Å². The zero-order valence-corrected chi connectivity index (χ0v) is 7.79. The lowest BCUT2D eigenvalue weighted by atomic mass is 10.1. The lowest BCUT2D eigenvalue weighted by Crippen LogP contribution is -2.38. The lowest BCUT2D eigenvalue weighted by Gasteiger charge is -2.16. The fourth-order valence-corrected chi connectivity index (χ4v) is 1.51. The van der Waals surface area contributed by atoms with Crippen LogP contribution in [0.4, 0.5) is 0 Å². The Balaban J connectivity index is 2.40. The molecule has 1 N–H and O–H groups in total. The maximum atomic E-state index is 8.84. The Kier molecular flexibility index (Phi) is 3.76. The zero-order valence-electron chi connectivity index (χ0n) is 7.79. The molecule has 1 aliphatic heterocycles. The largest absolute Gasteiger partial charge is 0.373 e. The summed E-state index contributed by atoms with van der Waals surface area (Å²) in [5.41, 5.74) is 0. The first-order valence-corrected chi connectivity index (χ1v) is 4.50. The van der Waals surface area contributed by atoms with Crippen LogP contribution in [0, 0.1) is 23.7 Å². The number of nitrogens with zero attached hydrogens (tertiary/aromatic N) is 1. The van der Waals surface area contributed by atoms with Gasteiger partial charge in [-0.25, -0.2) is 0 Å². The molecule has 1 heterocycles. The Morgan fingerprint density at radius 1 is 1.69 bits per heavy atom. The highest BCUT2D eigenvalue weighted by atomic mass is 16.5. The standard InChI is InChI=1S/C10H14N2O/c1-3-6-12-9(7-11)10-5-4-8(2)13-10/h1,8-10,12H,4-6H2,2H3. The van der Waals surface area contributed by atoms with Crippen LogP contribution in [0.2, 0.25) is 0 Å². The van der Waals surface area contributed by atoms with Gasteiger partial charge in [0.2, 0.25) is 0 Å². The van der Waals surface area contributed by atoms with E-state index in [4.69, 9.17) is 16.4 Å². The summed E-state index contributed by atoms with van der Waals surface area (Å²) in [5, 5.41) is 11.8. The van der Waals surface area contributed by atoms with E-state index in [9.17, 15) is 0 Å². The van der Waals surface area contributed by atoms with E-state index in [1.807, 2.05) is 6.92 Å². The van der Waals surface area contributed by atoms with Crippen LogP contribution in [0.25, 0.3) is 0 Å². The van der Waals surface area contributed by atoms with Crippen molar-refractivity contribution in [3.8, 4) is 18.4 Å². The van der Waals surface area contributed by atoms with Gasteiger partial charge in [0.1, 0.15) is 6.04 Å². The van der Waals surface area contributed by atoms with Crippen LogP contribution in [-0.2, 0) is 4.74 Å². The summed E-state index contributed by atoms with van der Waals surface area (Å²) in [4.78, 5) is 0. The summed E-state index contributed by atoms with van der Waals surface area (Å²) in [6.07, 6.45) is 7.34. The second-order valence-corrected chi connectivity index (χ2v) is 3.25. The summed E-state index contributed by atoms with van der Waals surface area (Å²) in [6, 6.07) is 1.90. The third-order valence-corrected chi connectivity index (χ3v) is 2.20. The van der Waals surface area contributed by atoms with Crippen molar-refractivity contribution in [2.75, 3.05) is 6.54 Å². The van der Waals surface area contributed by atoms with Gasteiger partial charge in [-0.3, -0.25) is 5.32 Å². The van der Waals surface area contributed by atoms with Gasteiger partial charge in [0, 0.05) is 0 Å². The number of hydrogen-bond donors (Lipinski definition) is 1. The molecule has 3 atom stereocenters. The predicted octanol–water partition coefficient (Wildman–Crippen LogP) is 0.669. The van der Waals surface area contributed by atoms with E-state index in [0.29, 0.717) is 6.54 Å². The highest BCUT2D eigenvalue weighted by Gasteiger charge is 2.28. The van der Waals surface area contributed by atoms with Gasteiger partial charge in [0.25, 0.3) is 0 Å². The van der Waals surface area contributed by atoms with Crippen LogP contribution in [0.5, 0.6) is 0 Å². The van der Waals surface area contributed by atoms with E-state index in [2.05, 4.69) is 17.3 Å². The van der Waals surface area contributed by atoms with Gasteiger partial charge in [-0.1, -0.05) is 5.92 Å². The zero-order chi connectivity index (χ0) is 9.68. The lowest BCUT2D eigenvalue weighted by molar-refractivity contribution is 0.0440. The molecule has 0 bridgehead atoms. The highest BCUT2D eigenvalue weighted by Crippen LogP contribution is 2.21. The monoisotopic (exact) mass is 178 g/mol. The summed E-state index contributed by atoms with van der Waals surface area (Å²) in [5.74, 6) is 2.45. The van der Waals surface area contributed by atoms with Gasteiger partial charge in [-0.15, -0.1) is 6.42 Å². The fourth-order valence-electron chi connectivity index (χ4n) is 1.51. The molecule has 0 radical (unpaired) electrons. The SMILES string of the molecule is C#CCNC(C#N)C1CCC(C)O1. The number of terminal acetylenes is 1. The Morgan fingerprint density at radius 3 is 2.92 bits per heavy atom. The minimum atomic E-state index is -0.263. The average molecular weight is 178 g/mol. The number of hydrogen-bond acceptors (Lipinski definition) is 3. The summed E-state index contributed by atoms with van der Waals surface area (Å²) >= 11 is 0. The minimum Gasteiger partial charge on any atom is -0.373 e. The van der Waals surface area contributed by atoms with Crippen molar-refractivity contribution in [3.05, 3.63) is 0 Å². The van der Waals surface area contributed by atoms with Crippen LogP contribution in [0.15, 0.2) is 0 Å². The van der Waals surface area contributed by atoms with Gasteiger partial charge in [-0.05, 0) is 19.8 Å². The summed E-state index contributed by atoms with van der Waals surface area (Å²) < 4.78 is 5.56. The van der Waals surface area contributed by atoms with Gasteiger partial charge >= 0.3 is 0 Å². The summed E-state index contributed by atoms with van der Waals surface area (Å²) in [6.45, 7) is 2.45. The molecule has 70 valence electrons. The van der Waals surface area contributed by atoms with Gasteiger partial charge < -0.3 is 4.74 Å². The molecule has 1 fully saturated rings. The van der Waals surface area contributed by atoms with Crippen LogP contribution in [-0.4, -0.2) is 24.8 Å². The first-order chi connectivity index (χ1) is 6.27. The Bertz CT molecular complexity index is 238. The van der Waals surface area contributed by atoms with Crippen molar-refractivity contribution in [1.29, 1.82) is 5.26 Å². The molecule has 0 amide bonds. The van der Waals surface area contributed by atoms with Crippen LogP contribution in [0.3, 0.4) is 0 Å². The Morgan fingerprint density at radius 2 is 2.46 bits per heavy atom. The quantitative estimate of drug-likeness (QED) is 0.646. The second-order valence-electron chi connectivity index (χ2n) is 3.25. The van der Waals surface area contributed by atoms with E-state index in [0.717, 1.165) is 12.8 Å². The molecule has 1 saturated heterocycles. The fraction of sp³-hybridized carbons (Fsp3) is 0.700.